The van der Waals surface area contributed by atoms with E-state index < -0.39 is 38.5 Å². The summed E-state index contributed by atoms with van der Waals surface area (Å²) in [5.41, 5.74) is 2.72. The van der Waals surface area contributed by atoms with Gasteiger partial charge in [-0.25, -0.2) is 9.59 Å². The van der Waals surface area contributed by atoms with Crippen LogP contribution in [0.3, 0.4) is 0 Å². The predicted octanol–water partition coefficient (Wildman–Crippen LogP) is 5.68. The zero-order chi connectivity index (χ0) is 25.1. The first-order valence-corrected chi connectivity index (χ1v) is 16.6. The van der Waals surface area contributed by atoms with E-state index in [2.05, 4.69) is 25.1 Å². The number of carbonyl (C=O) groups is 3. The average Bonchev–Trinajstić information content (AvgIpc) is 3.18. The zero-order valence-electron chi connectivity index (χ0n) is 21.5. The Morgan fingerprint density at radius 2 is 1.57 bits per heavy atom. The molecule has 37 heavy (non-hydrogen) atoms. The Morgan fingerprint density at radius 1 is 0.865 bits per heavy atom. The number of hydrogen-bond donors (Lipinski definition) is 0. The Labute approximate surface area is 228 Å². The van der Waals surface area contributed by atoms with Crippen LogP contribution in [0.2, 0.25) is 0 Å². The summed E-state index contributed by atoms with van der Waals surface area (Å²) in [5, 5.41) is 0. The maximum atomic E-state index is 13.3. The van der Waals surface area contributed by atoms with E-state index in [1.807, 2.05) is 0 Å². The SMILES string of the molecule is C[C@]12CC[C@@H]3c4ccc(I=C5C(=O)OC6(OC5=O)C5CC7CC(C5)CC6C7)cc4CC[C@H]3[C@@H]1CCC2=O. The summed E-state index contributed by atoms with van der Waals surface area (Å²) in [6.45, 7) is 2.22. The largest absolute Gasteiger partial charge is 0.418 e. The topological polar surface area (TPSA) is 69.7 Å². The second-order valence-electron chi connectivity index (χ2n) is 13.4. The van der Waals surface area contributed by atoms with Crippen molar-refractivity contribution in [2.24, 2.45) is 40.9 Å². The molecule has 1 aromatic carbocycles. The Hall–Kier alpha value is -1.57. The van der Waals surface area contributed by atoms with Crippen LogP contribution in [0.1, 0.15) is 88.2 Å². The Bertz CT molecular complexity index is 1210. The third kappa shape index (κ3) is 3.26. The van der Waals surface area contributed by atoms with Gasteiger partial charge in [0.2, 0.25) is 0 Å². The van der Waals surface area contributed by atoms with Gasteiger partial charge >= 0.3 is 11.9 Å². The molecule has 196 valence electrons. The van der Waals surface area contributed by atoms with Gasteiger partial charge in [-0.05, 0) is 117 Å². The monoisotopic (exact) mass is 614 g/mol. The minimum atomic E-state index is -0.989. The van der Waals surface area contributed by atoms with Crippen LogP contribution in [-0.4, -0.2) is 27.0 Å². The van der Waals surface area contributed by atoms with E-state index in [1.165, 1.54) is 17.5 Å². The van der Waals surface area contributed by atoms with Crippen LogP contribution < -0.4 is 0 Å². The number of aryl methyl sites for hydroxylation is 1. The van der Waals surface area contributed by atoms with E-state index in [9.17, 15) is 14.4 Å². The quantitative estimate of drug-likeness (QED) is 0.301. The summed E-state index contributed by atoms with van der Waals surface area (Å²) in [6.07, 6.45) is 11.5. The molecule has 4 atom stereocenters. The molecule has 5 nitrogen and oxygen atoms in total. The molecular weight excluding hydrogens is 579 g/mol. The van der Waals surface area contributed by atoms with Crippen LogP contribution in [0.15, 0.2) is 18.2 Å². The van der Waals surface area contributed by atoms with Crippen LogP contribution in [0.25, 0.3) is 0 Å². The van der Waals surface area contributed by atoms with E-state index in [1.54, 1.807) is 0 Å². The van der Waals surface area contributed by atoms with Gasteiger partial charge in [0.1, 0.15) is 5.78 Å². The number of ketones is 1. The molecule has 0 amide bonds. The van der Waals surface area contributed by atoms with Gasteiger partial charge < -0.3 is 9.47 Å². The van der Waals surface area contributed by atoms with Crippen LogP contribution >= 0.6 is 20.7 Å². The minimum absolute atomic E-state index is 0.100. The van der Waals surface area contributed by atoms with Crippen molar-refractivity contribution in [2.75, 3.05) is 0 Å². The third-order valence-electron chi connectivity index (χ3n) is 11.7. The highest BCUT2D eigenvalue weighted by Gasteiger charge is 2.64. The van der Waals surface area contributed by atoms with Crippen molar-refractivity contribution in [1.82, 2.24) is 0 Å². The normalized spacial score (nSPS) is 45.4. The molecular formula is C31H35IO5. The average molecular weight is 615 g/mol. The van der Waals surface area contributed by atoms with Gasteiger partial charge in [0.25, 0.3) is 5.79 Å². The van der Waals surface area contributed by atoms with E-state index in [0.717, 1.165) is 67.8 Å². The van der Waals surface area contributed by atoms with Gasteiger partial charge in [-0.3, -0.25) is 4.79 Å². The zero-order valence-corrected chi connectivity index (χ0v) is 23.6. The van der Waals surface area contributed by atoms with Crippen molar-refractivity contribution in [3.8, 4) is 0 Å². The molecule has 4 bridgehead atoms. The standard InChI is InChI=1S/C31H35IO5/c1-30-9-8-23-22-5-3-21(15-18(22)2-4-24(23)25(30)6-7-26(30)33)32-27-28(34)36-31(37-29(27)35)19-11-16-10-17(13-19)14-20(31)12-16/h3,5,15-17,19-20,23-25H,2,4,6-14H2,1H3/t16?,17?,19?,20?,23-,24-,25+,30+/m1/s1. The molecule has 1 aromatic rings. The molecule has 1 saturated heterocycles. The van der Waals surface area contributed by atoms with Gasteiger partial charge in [0.15, 0.2) is 3.51 Å². The number of hydrogen-bond acceptors (Lipinski definition) is 5. The summed E-state index contributed by atoms with van der Waals surface area (Å²) in [6, 6.07) is 6.66. The van der Waals surface area contributed by atoms with E-state index in [-0.39, 0.29) is 20.8 Å². The second kappa shape index (κ2) is 7.98. The molecule has 1 aliphatic heterocycles. The van der Waals surface area contributed by atoms with E-state index >= 15 is 0 Å². The lowest BCUT2D eigenvalue weighted by Gasteiger charge is -2.59. The number of carbonyl (C=O) groups excluding carboxylic acids is 3. The summed E-state index contributed by atoms with van der Waals surface area (Å²) in [7, 11) is 0. The predicted molar refractivity (Wildman–Crippen MR) is 146 cm³/mol. The Balaban J connectivity index is 1.05. The second-order valence-corrected chi connectivity index (χ2v) is 16.3. The molecule has 0 aromatic heterocycles. The number of esters is 2. The highest BCUT2D eigenvalue weighted by atomic mass is 127. The van der Waals surface area contributed by atoms with Gasteiger partial charge in [-0.15, -0.1) is 0 Å². The third-order valence-corrected chi connectivity index (χ3v) is 14.5. The van der Waals surface area contributed by atoms with E-state index in [0.29, 0.717) is 35.4 Å². The van der Waals surface area contributed by atoms with E-state index in [4.69, 9.17) is 9.47 Å². The Kier molecular flexibility index (Phi) is 5.03. The van der Waals surface area contributed by atoms with Gasteiger partial charge in [0.05, 0.1) is 0 Å². The van der Waals surface area contributed by atoms with Crippen LogP contribution in [0, 0.1) is 44.5 Å². The fourth-order valence-electron chi connectivity index (χ4n) is 10.2. The summed E-state index contributed by atoms with van der Waals surface area (Å²) in [4.78, 5) is 39.2. The summed E-state index contributed by atoms with van der Waals surface area (Å²) < 4.78 is 13.6. The van der Waals surface area contributed by atoms with Crippen molar-refractivity contribution in [1.29, 1.82) is 0 Å². The molecule has 1 heterocycles. The number of ether oxygens (including phenoxy) is 2. The fraction of sp³-hybridized carbons (Fsp3) is 0.677. The first-order chi connectivity index (χ1) is 17.8. The lowest BCUT2D eigenvalue weighted by Crippen LogP contribution is -2.65. The van der Waals surface area contributed by atoms with Crippen molar-refractivity contribution in [3.05, 3.63) is 32.9 Å². The first kappa shape index (κ1) is 23.3. The molecule has 1 spiro atoms. The van der Waals surface area contributed by atoms with Crippen LogP contribution in [0.4, 0.5) is 0 Å². The smallest absolute Gasteiger partial charge is 0.354 e. The lowest BCUT2D eigenvalue weighted by molar-refractivity contribution is -0.308. The first-order valence-electron chi connectivity index (χ1n) is 14.5. The molecule has 6 heteroatoms. The highest BCUT2D eigenvalue weighted by Crippen LogP contribution is 2.61. The summed E-state index contributed by atoms with van der Waals surface area (Å²) >= 11 is -0.968. The van der Waals surface area contributed by atoms with Crippen LogP contribution in [0.5, 0.6) is 0 Å². The number of halogens is 1. The molecule has 0 N–H and O–H groups in total. The highest BCUT2D eigenvalue weighted by molar-refractivity contribution is 14.2. The molecule has 6 saturated carbocycles. The molecule has 8 aliphatic rings. The number of benzene rings is 1. The van der Waals surface area contributed by atoms with Crippen molar-refractivity contribution < 1.29 is 23.9 Å². The van der Waals surface area contributed by atoms with Gasteiger partial charge in [0, 0.05) is 27.2 Å². The molecule has 7 aliphatic carbocycles. The number of Topliss-reactive ketones (excluding diaryl/α,β-unsaturated/α-hetero) is 1. The minimum Gasteiger partial charge on any atom is -0.418 e. The maximum Gasteiger partial charge on any atom is 0.354 e. The van der Waals surface area contributed by atoms with Gasteiger partial charge in [-0.2, -0.15) is 0 Å². The summed E-state index contributed by atoms with van der Waals surface area (Å²) in [5.74, 6) is 2.13. The van der Waals surface area contributed by atoms with Gasteiger partial charge in [-0.1, -0.05) is 33.7 Å². The Morgan fingerprint density at radius 3 is 2.27 bits per heavy atom. The number of fused-ring (bicyclic) bond motifs is 5. The molecule has 9 rings (SSSR count). The van der Waals surface area contributed by atoms with Crippen LogP contribution in [-0.2, 0) is 30.3 Å². The van der Waals surface area contributed by atoms with Crippen molar-refractivity contribution in [2.45, 2.75) is 89.3 Å². The molecule has 7 fully saturated rings. The maximum absolute atomic E-state index is 13.3. The molecule has 0 unspecified atom stereocenters. The lowest BCUT2D eigenvalue weighted by atomic mass is 9.53. The molecule has 0 radical (unpaired) electrons. The fourth-order valence-corrected chi connectivity index (χ4v) is 12.4. The van der Waals surface area contributed by atoms with Crippen molar-refractivity contribution >= 4 is 42.0 Å². The van der Waals surface area contributed by atoms with Crippen molar-refractivity contribution in [3.63, 3.8) is 0 Å². The number of rotatable bonds is 1.